The lowest BCUT2D eigenvalue weighted by atomic mass is 9.95. The van der Waals surface area contributed by atoms with E-state index in [-0.39, 0.29) is 21.5 Å². The number of anilines is 1. The highest BCUT2D eigenvalue weighted by molar-refractivity contribution is 7.22. The van der Waals surface area contributed by atoms with Gasteiger partial charge >= 0.3 is 5.91 Å². The van der Waals surface area contributed by atoms with E-state index in [9.17, 15) is 14.7 Å². The minimum absolute atomic E-state index is 0.107. The first-order valence-electron chi connectivity index (χ1n) is 12.0. The summed E-state index contributed by atoms with van der Waals surface area (Å²) in [4.78, 5) is 33.0. The predicted octanol–water partition coefficient (Wildman–Crippen LogP) is 6.40. The largest absolute Gasteiger partial charge is 0.507 e. The number of nitrogens with zero attached hydrogens (tertiary/aromatic N) is 2. The highest BCUT2D eigenvalue weighted by atomic mass is 35.5. The van der Waals surface area contributed by atoms with Crippen molar-refractivity contribution >= 4 is 67.3 Å². The van der Waals surface area contributed by atoms with Crippen molar-refractivity contribution in [3.05, 3.63) is 81.3 Å². The zero-order chi connectivity index (χ0) is 27.3. The lowest BCUT2D eigenvalue weighted by Gasteiger charge is -2.23. The third-order valence-corrected chi connectivity index (χ3v) is 8.14. The number of ether oxygens (including phenoxy) is 3. The van der Waals surface area contributed by atoms with Crippen molar-refractivity contribution in [3.8, 4) is 17.2 Å². The number of benzene rings is 3. The average molecular weight is 583 g/mol. The van der Waals surface area contributed by atoms with Crippen LogP contribution < -0.4 is 19.1 Å². The Labute approximate surface area is 236 Å². The molecule has 3 heterocycles. The molecule has 3 aromatic carbocycles. The number of aliphatic hydroxyl groups excluding tert-OH is 1. The minimum atomic E-state index is -1.01. The number of hydrogen-bond donors (Lipinski definition) is 1. The van der Waals surface area contributed by atoms with Crippen LogP contribution in [0.2, 0.25) is 10.0 Å². The van der Waals surface area contributed by atoms with Crippen LogP contribution in [-0.4, -0.2) is 41.6 Å². The molecule has 1 saturated heterocycles. The standard InChI is InChI=1S/C28H20Cl2N2O6S/c1-2-36-16-5-7-19-22(13-16)39-28(31-19)32-24(14-3-6-17(29)18(30)11-14)23(26(34)27(32)35)25(33)15-4-8-20-21(12-15)38-10-9-37-20/h3-8,11-13,24,33H,2,9-10H2,1H3/b25-23+/t24-/m0/s1. The molecule has 6 rings (SSSR count). The third kappa shape index (κ3) is 4.46. The van der Waals surface area contributed by atoms with Crippen molar-refractivity contribution in [2.24, 2.45) is 0 Å². The number of amides is 1. The van der Waals surface area contributed by atoms with E-state index in [2.05, 4.69) is 4.98 Å². The van der Waals surface area contributed by atoms with E-state index in [4.69, 9.17) is 37.4 Å². The zero-order valence-corrected chi connectivity index (χ0v) is 22.8. The van der Waals surface area contributed by atoms with E-state index in [1.54, 1.807) is 48.5 Å². The number of rotatable bonds is 5. The van der Waals surface area contributed by atoms with Crippen LogP contribution in [0.25, 0.3) is 16.0 Å². The number of thiazole rings is 1. The third-order valence-electron chi connectivity index (χ3n) is 6.39. The summed E-state index contributed by atoms with van der Waals surface area (Å²) < 4.78 is 17.6. The van der Waals surface area contributed by atoms with Gasteiger partial charge in [0.25, 0.3) is 5.78 Å². The molecule has 198 valence electrons. The molecule has 0 unspecified atom stereocenters. The monoisotopic (exact) mass is 582 g/mol. The number of aliphatic hydroxyl groups is 1. The van der Waals surface area contributed by atoms with Crippen molar-refractivity contribution < 1.29 is 28.9 Å². The van der Waals surface area contributed by atoms with Gasteiger partial charge in [-0.2, -0.15) is 0 Å². The Bertz CT molecular complexity index is 1680. The highest BCUT2D eigenvalue weighted by Crippen LogP contribution is 2.46. The SMILES string of the molecule is CCOc1ccc2nc(N3C(=O)C(=O)/C(=C(/O)c4ccc5c(c4)OCCO5)[C@@H]3c3ccc(Cl)c(Cl)c3)sc2c1. The lowest BCUT2D eigenvalue weighted by molar-refractivity contribution is -0.132. The Morgan fingerprint density at radius 2 is 1.85 bits per heavy atom. The van der Waals surface area contributed by atoms with Gasteiger partial charge in [-0.1, -0.05) is 40.6 Å². The number of aromatic nitrogens is 1. The second-order valence-corrected chi connectivity index (χ2v) is 10.6. The first-order valence-corrected chi connectivity index (χ1v) is 13.6. The molecule has 1 amide bonds. The van der Waals surface area contributed by atoms with Crippen LogP contribution >= 0.6 is 34.5 Å². The van der Waals surface area contributed by atoms with E-state index < -0.39 is 17.7 Å². The Morgan fingerprint density at radius 3 is 2.62 bits per heavy atom. The molecule has 0 aliphatic carbocycles. The average Bonchev–Trinajstić information content (AvgIpc) is 3.47. The van der Waals surface area contributed by atoms with Crippen molar-refractivity contribution in [2.45, 2.75) is 13.0 Å². The van der Waals surface area contributed by atoms with Gasteiger partial charge in [-0.25, -0.2) is 4.98 Å². The van der Waals surface area contributed by atoms with Crippen molar-refractivity contribution in [2.75, 3.05) is 24.7 Å². The molecule has 0 saturated carbocycles. The Hall–Kier alpha value is -3.79. The minimum Gasteiger partial charge on any atom is -0.507 e. The van der Waals surface area contributed by atoms with Crippen LogP contribution in [0.5, 0.6) is 17.2 Å². The molecular formula is C28H20Cl2N2O6S. The molecule has 2 aliphatic rings. The number of carbonyl (C=O) groups excluding carboxylic acids is 2. The van der Waals surface area contributed by atoms with Gasteiger partial charge in [0.2, 0.25) is 0 Å². The summed E-state index contributed by atoms with van der Waals surface area (Å²) in [6.45, 7) is 3.16. The molecule has 1 aromatic heterocycles. The number of ketones is 1. The van der Waals surface area contributed by atoms with Gasteiger partial charge in [0, 0.05) is 5.56 Å². The first-order chi connectivity index (χ1) is 18.9. The second kappa shape index (κ2) is 10.1. The summed E-state index contributed by atoms with van der Waals surface area (Å²) in [6.07, 6.45) is 0. The van der Waals surface area contributed by atoms with Gasteiger partial charge in [-0.05, 0) is 61.0 Å². The molecular weight excluding hydrogens is 563 g/mol. The van der Waals surface area contributed by atoms with Crippen molar-refractivity contribution in [1.82, 2.24) is 4.98 Å². The summed E-state index contributed by atoms with van der Waals surface area (Å²) in [5.74, 6) is -0.408. The molecule has 1 atom stereocenters. The number of hydrogen-bond acceptors (Lipinski definition) is 8. The van der Waals surface area contributed by atoms with E-state index in [0.717, 1.165) is 4.70 Å². The molecule has 4 aromatic rings. The summed E-state index contributed by atoms with van der Waals surface area (Å²) in [7, 11) is 0. The Morgan fingerprint density at radius 1 is 1.05 bits per heavy atom. The van der Waals surface area contributed by atoms with Crippen LogP contribution in [0.4, 0.5) is 5.13 Å². The fourth-order valence-corrected chi connectivity index (χ4v) is 5.95. The summed E-state index contributed by atoms with van der Waals surface area (Å²) in [5.41, 5.74) is 1.31. The van der Waals surface area contributed by atoms with Gasteiger partial charge in [0.05, 0.1) is 38.5 Å². The normalized spacial score (nSPS) is 18.1. The fraction of sp³-hybridized carbons (Fsp3) is 0.179. The molecule has 0 bridgehead atoms. The van der Waals surface area contributed by atoms with Gasteiger partial charge in [0.15, 0.2) is 16.6 Å². The van der Waals surface area contributed by atoms with Crippen LogP contribution in [0.1, 0.15) is 24.1 Å². The van der Waals surface area contributed by atoms with Crippen molar-refractivity contribution in [3.63, 3.8) is 0 Å². The van der Waals surface area contributed by atoms with E-state index >= 15 is 0 Å². The molecule has 0 radical (unpaired) electrons. The Kier molecular flexibility index (Phi) is 6.58. The van der Waals surface area contributed by atoms with E-state index in [1.165, 1.54) is 16.2 Å². The van der Waals surface area contributed by atoms with Gasteiger partial charge in [0.1, 0.15) is 24.7 Å². The number of carbonyl (C=O) groups is 2. The maximum absolute atomic E-state index is 13.5. The first kappa shape index (κ1) is 25.5. The summed E-state index contributed by atoms with van der Waals surface area (Å²) in [5, 5.41) is 12.3. The smallest absolute Gasteiger partial charge is 0.301 e. The van der Waals surface area contributed by atoms with E-state index in [1.807, 2.05) is 13.0 Å². The topological polar surface area (TPSA) is 98.2 Å². The number of Topliss-reactive ketones (excluding diaryl/α,β-unsaturated/α-hetero) is 1. The quantitative estimate of drug-likeness (QED) is 0.165. The maximum Gasteiger partial charge on any atom is 0.301 e. The zero-order valence-electron chi connectivity index (χ0n) is 20.4. The number of halogens is 2. The van der Waals surface area contributed by atoms with E-state index in [0.29, 0.717) is 58.7 Å². The van der Waals surface area contributed by atoms with Gasteiger partial charge in [-0.15, -0.1) is 0 Å². The maximum atomic E-state index is 13.5. The highest BCUT2D eigenvalue weighted by Gasteiger charge is 2.48. The Balaban J connectivity index is 1.52. The lowest BCUT2D eigenvalue weighted by Crippen LogP contribution is -2.29. The van der Waals surface area contributed by atoms with Crippen LogP contribution in [0, 0.1) is 0 Å². The van der Waals surface area contributed by atoms with Gasteiger partial charge < -0.3 is 19.3 Å². The second-order valence-electron chi connectivity index (χ2n) is 8.76. The van der Waals surface area contributed by atoms with Crippen LogP contribution in [0.15, 0.2) is 60.2 Å². The van der Waals surface area contributed by atoms with Crippen LogP contribution in [0.3, 0.4) is 0 Å². The van der Waals surface area contributed by atoms with Crippen LogP contribution in [-0.2, 0) is 9.59 Å². The molecule has 2 aliphatic heterocycles. The summed E-state index contributed by atoms with van der Waals surface area (Å²) >= 11 is 13.7. The number of fused-ring (bicyclic) bond motifs is 2. The molecule has 8 nitrogen and oxygen atoms in total. The molecule has 0 spiro atoms. The molecule has 1 N–H and O–H groups in total. The van der Waals surface area contributed by atoms with Crippen molar-refractivity contribution in [1.29, 1.82) is 0 Å². The fourth-order valence-electron chi connectivity index (χ4n) is 4.63. The predicted molar refractivity (Wildman–Crippen MR) is 149 cm³/mol. The molecule has 39 heavy (non-hydrogen) atoms. The molecule has 1 fully saturated rings. The van der Waals surface area contributed by atoms with Gasteiger partial charge in [-0.3, -0.25) is 14.5 Å². The summed E-state index contributed by atoms with van der Waals surface area (Å²) in [6, 6.07) is 14.1. The molecule has 11 heteroatoms.